The molecule has 2 aromatic rings. The van der Waals surface area contributed by atoms with Crippen LogP contribution < -0.4 is 106 Å². The number of rotatable bonds is 8. The summed E-state index contributed by atoms with van der Waals surface area (Å²) < 4.78 is 51.3. The fourth-order valence-corrected chi connectivity index (χ4v) is 5.92. The van der Waals surface area contributed by atoms with Gasteiger partial charge in [0, 0.05) is 12.6 Å². The van der Waals surface area contributed by atoms with Crippen LogP contribution in [0.1, 0.15) is 18.2 Å². The molecule has 1 saturated heterocycles. The Labute approximate surface area is 264 Å². The molecule has 38 heavy (non-hydrogen) atoms. The molecule has 24 heteroatoms. The summed E-state index contributed by atoms with van der Waals surface area (Å²) >= 11 is 0. The molecule has 2 unspecified atom stereocenters. The molecule has 0 aliphatic carbocycles. The standard InChI is InChI=1S/C14H20N5O12P3.4Li/c15-3-1-2-8-5-19(14-12(8)13(16)17-7-18-14)11-4-9(20)10(29-11)6-28-33(24,25)31-34(26,27)30-32(21,22)23;;;;/h5,7,9-11,20H,3-4,6,15H2,(H,24,25)(H,26,27)(H2,16,17,18)(H2,21,22,23);;;;/q;4*+1/p-4/t9-,10+,11+;;;;/m0..../s1. The van der Waals surface area contributed by atoms with Crippen molar-refractivity contribution >= 4 is 40.3 Å². The van der Waals surface area contributed by atoms with Crippen molar-refractivity contribution in [3.8, 4) is 11.8 Å². The van der Waals surface area contributed by atoms with Crippen LogP contribution in [0.25, 0.3) is 11.0 Å². The van der Waals surface area contributed by atoms with Gasteiger partial charge >= 0.3 is 75.4 Å². The minimum atomic E-state index is -6.11. The van der Waals surface area contributed by atoms with E-state index in [1.165, 1.54) is 17.1 Å². The van der Waals surface area contributed by atoms with E-state index in [-0.39, 0.29) is 94.2 Å². The summed E-state index contributed by atoms with van der Waals surface area (Å²) in [6.45, 7) is -0.862. The van der Waals surface area contributed by atoms with Crippen LogP contribution in [0, 0.1) is 11.8 Å². The SMILES string of the molecule is NCC#Cc1cn([C@H]2C[C@H](O)[C@@H](COP(=O)([O-])OP(=O)([O-])OP(=O)([O-])[O-])O2)c2ncnc(N)c12.[Li+].[Li+].[Li+].[Li+]. The first-order chi connectivity index (χ1) is 15.7. The number of ether oxygens (including phenoxy) is 1. The number of fused-ring (bicyclic) bond motifs is 1. The van der Waals surface area contributed by atoms with Crippen molar-refractivity contribution in [2.24, 2.45) is 5.73 Å². The van der Waals surface area contributed by atoms with Crippen LogP contribution in [0.15, 0.2) is 12.5 Å². The van der Waals surface area contributed by atoms with E-state index in [2.05, 4.69) is 35.0 Å². The molecular weight excluding hydrogens is 551 g/mol. The van der Waals surface area contributed by atoms with Crippen LogP contribution in [-0.4, -0.2) is 45.0 Å². The zero-order chi connectivity index (χ0) is 25.3. The first-order valence-corrected chi connectivity index (χ1v) is 13.4. The first-order valence-electron chi connectivity index (χ1n) is 9.06. The van der Waals surface area contributed by atoms with Crippen molar-refractivity contribution in [3.05, 3.63) is 18.1 Å². The average Bonchev–Trinajstić information content (AvgIpc) is 3.23. The van der Waals surface area contributed by atoms with Crippen molar-refractivity contribution in [2.45, 2.75) is 24.9 Å². The Morgan fingerprint density at radius 1 is 1.11 bits per heavy atom. The molecule has 3 rings (SSSR count). The Hall–Kier alpha value is 0.660. The third-order valence-electron chi connectivity index (χ3n) is 4.28. The number of aliphatic hydroxyl groups excluding tert-OH is 1. The summed E-state index contributed by atoms with van der Waals surface area (Å²) in [4.78, 5) is 51.7. The maximum atomic E-state index is 11.7. The van der Waals surface area contributed by atoms with E-state index in [9.17, 15) is 38.4 Å². The smallest absolute Gasteiger partial charge is 0.790 e. The molecular formula is C14H16Li4N5O12P3. The van der Waals surface area contributed by atoms with Gasteiger partial charge in [0.05, 0.1) is 38.0 Å². The third-order valence-corrected chi connectivity index (χ3v) is 7.94. The van der Waals surface area contributed by atoms with Crippen molar-refractivity contribution in [1.29, 1.82) is 0 Å². The average molecular weight is 567 g/mol. The van der Waals surface area contributed by atoms with Crippen LogP contribution >= 0.6 is 23.5 Å². The molecule has 3 heterocycles. The van der Waals surface area contributed by atoms with Crippen molar-refractivity contribution < 1.29 is 132 Å². The Morgan fingerprint density at radius 2 is 1.74 bits per heavy atom. The number of anilines is 1. The van der Waals surface area contributed by atoms with Crippen molar-refractivity contribution in [3.63, 3.8) is 0 Å². The number of nitrogens with two attached hydrogens (primary N) is 2. The maximum absolute atomic E-state index is 11.7. The van der Waals surface area contributed by atoms with Gasteiger partial charge in [0.15, 0.2) is 0 Å². The topological polar surface area (TPSA) is 283 Å². The molecule has 0 saturated carbocycles. The molecule has 0 radical (unpaired) electrons. The molecule has 1 aliphatic rings. The number of phosphoric acid groups is 3. The number of hydrogen-bond donors (Lipinski definition) is 3. The maximum Gasteiger partial charge on any atom is 1.00 e. The minimum Gasteiger partial charge on any atom is -0.790 e. The molecule has 17 nitrogen and oxygen atoms in total. The summed E-state index contributed by atoms with van der Waals surface area (Å²) in [5.41, 5.74) is 12.0. The Morgan fingerprint density at radius 3 is 2.32 bits per heavy atom. The van der Waals surface area contributed by atoms with E-state index in [1.807, 2.05) is 0 Å². The normalized spacial score (nSPS) is 21.8. The van der Waals surface area contributed by atoms with E-state index in [0.29, 0.717) is 16.6 Å². The van der Waals surface area contributed by atoms with Crippen LogP contribution in [0.2, 0.25) is 0 Å². The molecule has 2 aromatic heterocycles. The van der Waals surface area contributed by atoms with Crippen LogP contribution in [0.4, 0.5) is 5.82 Å². The van der Waals surface area contributed by atoms with Gasteiger partial charge in [0.2, 0.25) is 0 Å². The number of phosphoric ester groups is 1. The Bertz CT molecular complexity index is 1290. The van der Waals surface area contributed by atoms with E-state index in [4.69, 9.17) is 16.2 Å². The van der Waals surface area contributed by atoms with Crippen LogP contribution in [-0.2, 0) is 31.6 Å². The summed E-state index contributed by atoms with van der Waals surface area (Å²) in [5.74, 6) is 5.60. The predicted molar refractivity (Wildman–Crippen MR) is 103 cm³/mol. The summed E-state index contributed by atoms with van der Waals surface area (Å²) in [6.07, 6.45) is -0.856. The van der Waals surface area contributed by atoms with E-state index in [1.54, 1.807) is 0 Å². The summed E-state index contributed by atoms with van der Waals surface area (Å²) in [6, 6.07) is 0. The first kappa shape index (κ1) is 40.8. The molecule has 0 aromatic carbocycles. The monoisotopic (exact) mass is 567 g/mol. The fraction of sp³-hybridized carbons (Fsp3) is 0.429. The van der Waals surface area contributed by atoms with Gasteiger partial charge in [0.1, 0.15) is 30.1 Å². The van der Waals surface area contributed by atoms with Gasteiger partial charge in [-0.25, -0.2) is 14.3 Å². The third kappa shape index (κ3) is 11.1. The van der Waals surface area contributed by atoms with E-state index in [0.717, 1.165) is 0 Å². The van der Waals surface area contributed by atoms with Gasteiger partial charge in [-0.2, -0.15) is 0 Å². The number of aliphatic hydroxyl groups is 1. The van der Waals surface area contributed by atoms with Gasteiger partial charge in [0.25, 0.3) is 15.6 Å². The predicted octanol–water partition coefficient (Wildman–Crippen LogP) is -15.2. The summed E-state index contributed by atoms with van der Waals surface area (Å²) in [7, 11) is -18.0. The van der Waals surface area contributed by atoms with Gasteiger partial charge in [-0.1, -0.05) is 11.8 Å². The van der Waals surface area contributed by atoms with E-state index < -0.39 is 48.5 Å². The second-order valence-corrected chi connectivity index (χ2v) is 10.9. The van der Waals surface area contributed by atoms with Gasteiger partial charge in [-0.15, -0.1) is 0 Å². The van der Waals surface area contributed by atoms with Crippen molar-refractivity contribution in [2.75, 3.05) is 18.9 Å². The minimum absolute atomic E-state index is 0. The number of nitrogen functional groups attached to an aromatic ring is 1. The number of hydrogen-bond acceptors (Lipinski definition) is 16. The molecule has 1 fully saturated rings. The molecule has 188 valence electrons. The Balaban J connectivity index is 0. The fourth-order valence-electron chi connectivity index (χ4n) is 3.05. The van der Waals surface area contributed by atoms with Gasteiger partial charge < -0.3 is 54.5 Å². The molecule has 1 aliphatic heterocycles. The zero-order valence-corrected chi connectivity index (χ0v) is 23.5. The molecule has 0 bridgehead atoms. The Kier molecular flexibility index (Phi) is 17.5. The largest absolute Gasteiger partial charge is 1.00 e. The number of aromatic nitrogens is 3. The van der Waals surface area contributed by atoms with Gasteiger partial charge in [-0.3, -0.25) is 13.4 Å². The quantitative estimate of drug-likeness (QED) is 0.152. The molecule has 5 N–H and O–H groups in total. The van der Waals surface area contributed by atoms with Crippen molar-refractivity contribution in [1.82, 2.24) is 14.5 Å². The van der Waals surface area contributed by atoms with Gasteiger partial charge in [-0.05, 0) is 0 Å². The number of nitrogens with zero attached hydrogens (tertiary/aromatic N) is 3. The van der Waals surface area contributed by atoms with Crippen LogP contribution in [0.3, 0.4) is 0 Å². The summed E-state index contributed by atoms with van der Waals surface area (Å²) in [5, 5.41) is 10.7. The molecule has 0 amide bonds. The molecule has 0 spiro atoms. The zero-order valence-electron chi connectivity index (χ0n) is 20.8. The van der Waals surface area contributed by atoms with Crippen LogP contribution in [0.5, 0.6) is 0 Å². The van der Waals surface area contributed by atoms with E-state index >= 15 is 0 Å². The second kappa shape index (κ2) is 16.3. The molecule has 5 atom stereocenters. The second-order valence-electron chi connectivity index (χ2n) is 6.65.